The van der Waals surface area contributed by atoms with Crippen LogP contribution in [0.25, 0.3) is 5.78 Å². The molecule has 142 valence electrons. The fraction of sp³-hybridized carbons (Fsp3) is 0.125. The topological polar surface area (TPSA) is 168 Å². The number of aromatic nitrogens is 4. The third kappa shape index (κ3) is 3.13. The lowest BCUT2D eigenvalue weighted by Crippen LogP contribution is -2.27. The summed E-state index contributed by atoms with van der Waals surface area (Å²) < 4.78 is 6.14. The second-order valence-electron chi connectivity index (χ2n) is 5.85. The average molecular weight is 384 g/mol. The number of H-pyrrole nitrogens is 1. The molecule has 12 heteroatoms. The molecule has 0 fully saturated rings. The summed E-state index contributed by atoms with van der Waals surface area (Å²) in [6.45, 7) is 0.0318. The minimum absolute atomic E-state index is 0.0561. The molecule has 4 N–H and O–H groups in total. The molecule has 0 spiro atoms. The van der Waals surface area contributed by atoms with E-state index in [2.05, 4.69) is 25.7 Å². The van der Waals surface area contributed by atoms with Crippen LogP contribution in [0.3, 0.4) is 0 Å². The van der Waals surface area contributed by atoms with Crippen molar-refractivity contribution in [2.75, 3.05) is 11.9 Å². The van der Waals surface area contributed by atoms with Crippen LogP contribution in [0.2, 0.25) is 0 Å². The zero-order valence-electron chi connectivity index (χ0n) is 14.1. The minimum atomic E-state index is -1.36. The van der Waals surface area contributed by atoms with Gasteiger partial charge in [-0.1, -0.05) is 6.07 Å². The summed E-state index contributed by atoms with van der Waals surface area (Å²) in [4.78, 5) is 53.9. The summed E-state index contributed by atoms with van der Waals surface area (Å²) in [5.74, 6) is -2.00. The van der Waals surface area contributed by atoms with E-state index in [4.69, 9.17) is 4.74 Å². The van der Waals surface area contributed by atoms with Gasteiger partial charge in [0.1, 0.15) is 11.4 Å². The van der Waals surface area contributed by atoms with E-state index in [-0.39, 0.29) is 36.2 Å². The van der Waals surface area contributed by atoms with Gasteiger partial charge in [-0.15, -0.1) is 0 Å². The van der Waals surface area contributed by atoms with Crippen LogP contribution in [0, 0.1) is 0 Å². The van der Waals surface area contributed by atoms with E-state index in [0.717, 1.165) is 10.6 Å². The number of carboxylic acid groups (broad SMARTS) is 1. The molecule has 1 aromatic carbocycles. The molecule has 2 amide bonds. The lowest BCUT2D eigenvalue weighted by Gasteiger charge is -2.18. The summed E-state index contributed by atoms with van der Waals surface area (Å²) in [6.07, 6.45) is 0. The van der Waals surface area contributed by atoms with Gasteiger partial charge in [-0.3, -0.25) is 9.59 Å². The number of ether oxygens (including phenoxy) is 1. The SMILES string of the molecule is O=C1COc2ccc(CNC(=O)c3cc(C(=O)O)n4[nH]c(=O)nc4n3)cc2N1. The predicted molar refractivity (Wildman–Crippen MR) is 92.3 cm³/mol. The smallest absolute Gasteiger partial charge is 0.363 e. The largest absolute Gasteiger partial charge is 0.482 e. The highest BCUT2D eigenvalue weighted by Crippen LogP contribution is 2.28. The first kappa shape index (κ1) is 17.2. The monoisotopic (exact) mass is 384 g/mol. The van der Waals surface area contributed by atoms with E-state index >= 15 is 0 Å². The van der Waals surface area contributed by atoms with Crippen LogP contribution in [0.4, 0.5) is 5.69 Å². The van der Waals surface area contributed by atoms with E-state index in [9.17, 15) is 24.3 Å². The van der Waals surface area contributed by atoms with Gasteiger partial charge in [0.25, 0.3) is 17.6 Å². The van der Waals surface area contributed by atoms with E-state index in [1.54, 1.807) is 18.2 Å². The highest BCUT2D eigenvalue weighted by Gasteiger charge is 2.19. The molecule has 0 saturated heterocycles. The normalized spacial score (nSPS) is 12.8. The fourth-order valence-corrected chi connectivity index (χ4v) is 2.68. The zero-order chi connectivity index (χ0) is 19.8. The third-order valence-electron chi connectivity index (χ3n) is 3.93. The van der Waals surface area contributed by atoms with Gasteiger partial charge in [0.2, 0.25) is 0 Å². The highest BCUT2D eigenvalue weighted by atomic mass is 16.5. The van der Waals surface area contributed by atoms with Gasteiger partial charge in [0, 0.05) is 12.6 Å². The van der Waals surface area contributed by atoms with Gasteiger partial charge in [-0.25, -0.2) is 24.2 Å². The molecule has 4 rings (SSSR count). The number of rotatable bonds is 4. The number of aromatic amines is 1. The number of nitrogens with zero attached hydrogens (tertiary/aromatic N) is 3. The number of anilines is 1. The van der Waals surface area contributed by atoms with Crippen molar-refractivity contribution in [3.63, 3.8) is 0 Å². The molecule has 0 atom stereocenters. The molecule has 3 aromatic rings. The van der Waals surface area contributed by atoms with Crippen molar-refractivity contribution in [2.24, 2.45) is 0 Å². The van der Waals surface area contributed by atoms with Crippen molar-refractivity contribution in [3.05, 3.63) is 51.7 Å². The first-order chi connectivity index (χ1) is 13.4. The second-order valence-corrected chi connectivity index (χ2v) is 5.85. The lowest BCUT2D eigenvalue weighted by molar-refractivity contribution is -0.118. The predicted octanol–water partition coefficient (Wildman–Crippen LogP) is -0.623. The molecule has 1 aliphatic rings. The van der Waals surface area contributed by atoms with E-state index < -0.39 is 17.6 Å². The molecule has 0 unspecified atom stereocenters. The molecular formula is C16H12N6O6. The summed E-state index contributed by atoms with van der Waals surface area (Å²) in [7, 11) is 0. The van der Waals surface area contributed by atoms with E-state index in [0.29, 0.717) is 17.0 Å². The first-order valence-corrected chi connectivity index (χ1v) is 7.97. The van der Waals surface area contributed by atoms with Crippen LogP contribution in [0.5, 0.6) is 5.75 Å². The summed E-state index contributed by atoms with van der Waals surface area (Å²) in [5, 5.41) is 16.7. The number of aromatic carboxylic acids is 1. The number of carboxylic acids is 1. The number of amides is 2. The quantitative estimate of drug-likeness (QED) is 0.461. The van der Waals surface area contributed by atoms with Gasteiger partial charge >= 0.3 is 11.7 Å². The Labute approximate surface area is 155 Å². The van der Waals surface area contributed by atoms with Crippen LogP contribution in [0.1, 0.15) is 26.5 Å². The summed E-state index contributed by atoms with van der Waals surface area (Å²) >= 11 is 0. The van der Waals surface area contributed by atoms with Crippen LogP contribution in [-0.2, 0) is 11.3 Å². The molecule has 0 radical (unpaired) electrons. The van der Waals surface area contributed by atoms with Crippen molar-refractivity contribution < 1.29 is 24.2 Å². The molecule has 2 aromatic heterocycles. The van der Waals surface area contributed by atoms with Gasteiger partial charge in [-0.05, 0) is 17.7 Å². The fourth-order valence-electron chi connectivity index (χ4n) is 2.68. The number of carbonyl (C=O) groups excluding carboxylic acids is 2. The minimum Gasteiger partial charge on any atom is -0.482 e. The molecule has 1 aliphatic heterocycles. The average Bonchev–Trinajstić information content (AvgIpc) is 3.04. The Morgan fingerprint density at radius 3 is 2.86 bits per heavy atom. The third-order valence-corrected chi connectivity index (χ3v) is 3.93. The number of carbonyl (C=O) groups is 3. The van der Waals surface area contributed by atoms with Gasteiger partial charge in [-0.2, -0.15) is 4.98 Å². The molecule has 12 nitrogen and oxygen atoms in total. The van der Waals surface area contributed by atoms with Gasteiger partial charge < -0.3 is 20.5 Å². The number of fused-ring (bicyclic) bond motifs is 2. The number of hydrogen-bond acceptors (Lipinski definition) is 7. The van der Waals surface area contributed by atoms with Crippen LogP contribution in [0.15, 0.2) is 29.1 Å². The molecule has 28 heavy (non-hydrogen) atoms. The Balaban J connectivity index is 1.56. The molecule has 3 heterocycles. The maximum absolute atomic E-state index is 12.4. The van der Waals surface area contributed by atoms with Crippen LogP contribution >= 0.6 is 0 Å². The standard InChI is InChI=1S/C16H12N6O6/c23-12-6-28-11-2-1-7(3-8(11)18-12)5-17-13(24)9-4-10(14(25)26)22-15(19-9)20-16(27)21-22/h1-4H,5-6H2,(H,17,24)(H,18,23)(H,21,27)(H,25,26). The number of benzene rings is 1. The number of nitrogens with one attached hydrogen (secondary N) is 3. The maximum Gasteiger partial charge on any atom is 0.363 e. The Morgan fingerprint density at radius 1 is 1.25 bits per heavy atom. The van der Waals surface area contributed by atoms with Gasteiger partial charge in [0.05, 0.1) is 5.69 Å². The Bertz CT molecular complexity index is 1200. The van der Waals surface area contributed by atoms with Crippen molar-refractivity contribution in [1.82, 2.24) is 24.9 Å². The van der Waals surface area contributed by atoms with Crippen molar-refractivity contribution in [2.45, 2.75) is 6.54 Å². The molecular weight excluding hydrogens is 372 g/mol. The van der Waals surface area contributed by atoms with Gasteiger partial charge in [0.15, 0.2) is 12.3 Å². The first-order valence-electron chi connectivity index (χ1n) is 7.97. The summed E-state index contributed by atoms with van der Waals surface area (Å²) in [6, 6.07) is 6.06. The van der Waals surface area contributed by atoms with Crippen molar-refractivity contribution in [1.29, 1.82) is 0 Å². The highest BCUT2D eigenvalue weighted by molar-refractivity contribution is 5.96. The molecule has 0 aliphatic carbocycles. The maximum atomic E-state index is 12.4. The summed E-state index contributed by atoms with van der Waals surface area (Å²) in [5.41, 5.74) is -0.192. The Hall–Kier alpha value is -4.22. The zero-order valence-corrected chi connectivity index (χ0v) is 14.1. The Morgan fingerprint density at radius 2 is 2.07 bits per heavy atom. The van der Waals surface area contributed by atoms with Crippen LogP contribution in [-0.4, -0.2) is 49.1 Å². The molecule has 0 saturated carbocycles. The van der Waals surface area contributed by atoms with Crippen molar-refractivity contribution in [3.8, 4) is 5.75 Å². The van der Waals surface area contributed by atoms with E-state index in [1.165, 1.54) is 0 Å². The van der Waals surface area contributed by atoms with Crippen molar-refractivity contribution >= 4 is 29.2 Å². The van der Waals surface area contributed by atoms with E-state index in [1.807, 2.05) is 0 Å². The number of hydrogen-bond donors (Lipinski definition) is 4. The Kier molecular flexibility index (Phi) is 3.99. The lowest BCUT2D eigenvalue weighted by atomic mass is 10.1. The van der Waals surface area contributed by atoms with Crippen LogP contribution < -0.4 is 21.1 Å². The molecule has 0 bridgehead atoms. The second kappa shape index (κ2) is 6.50.